The average molecular weight is 261 g/mol. The molecule has 5 nitrogen and oxygen atoms in total. The molecule has 1 aromatic heterocycles. The smallest absolute Gasteiger partial charge is 0.161 e. The van der Waals surface area contributed by atoms with Crippen LogP contribution in [0, 0.1) is 6.92 Å². The van der Waals surface area contributed by atoms with E-state index >= 15 is 0 Å². The molecule has 0 aliphatic heterocycles. The molecule has 0 fully saturated rings. The van der Waals surface area contributed by atoms with Gasteiger partial charge in [0.1, 0.15) is 0 Å². The molecule has 102 valence electrons. The molecule has 0 atom stereocenters. The topological polar surface area (TPSA) is 59.2 Å². The molecule has 19 heavy (non-hydrogen) atoms. The van der Waals surface area contributed by atoms with Crippen LogP contribution >= 0.6 is 0 Å². The summed E-state index contributed by atoms with van der Waals surface area (Å²) in [4.78, 5) is 0. The minimum atomic E-state index is 0.747. The number of nitrogens with zero attached hydrogens (tertiary/aromatic N) is 1. The van der Waals surface area contributed by atoms with Gasteiger partial charge in [-0.25, -0.2) is 0 Å². The number of ether oxygens (including phenoxy) is 2. The second-order valence-corrected chi connectivity index (χ2v) is 4.31. The van der Waals surface area contributed by atoms with Crippen molar-refractivity contribution >= 4 is 0 Å². The van der Waals surface area contributed by atoms with Crippen LogP contribution in [0.15, 0.2) is 24.4 Å². The Balaban J connectivity index is 1.94. The summed E-state index contributed by atoms with van der Waals surface area (Å²) in [7, 11) is 3.28. The number of hydrogen-bond donors (Lipinski definition) is 2. The lowest BCUT2D eigenvalue weighted by Crippen LogP contribution is -2.13. The van der Waals surface area contributed by atoms with Crippen LogP contribution in [0.2, 0.25) is 0 Å². The molecule has 1 heterocycles. The highest BCUT2D eigenvalue weighted by Gasteiger charge is 2.05. The van der Waals surface area contributed by atoms with Gasteiger partial charge in [-0.1, -0.05) is 6.07 Å². The molecule has 5 heteroatoms. The van der Waals surface area contributed by atoms with Gasteiger partial charge in [-0.2, -0.15) is 5.10 Å². The standard InChI is InChI=1S/C14H19N3O2/c1-10-12(9-16-17-10)8-15-7-11-4-5-13(18-2)14(6-11)19-3/h4-6,9,15H,7-8H2,1-3H3,(H,16,17). The molecule has 2 aromatic rings. The van der Waals surface area contributed by atoms with Gasteiger partial charge in [-0.05, 0) is 24.6 Å². The number of hydrogen-bond acceptors (Lipinski definition) is 4. The van der Waals surface area contributed by atoms with Crippen LogP contribution in [0.4, 0.5) is 0 Å². The first-order chi connectivity index (χ1) is 9.24. The predicted octanol–water partition coefficient (Wildman–Crippen LogP) is 2.03. The fourth-order valence-corrected chi connectivity index (χ4v) is 1.89. The Bertz CT molecular complexity index is 537. The molecular formula is C14H19N3O2. The van der Waals surface area contributed by atoms with E-state index in [1.807, 2.05) is 31.3 Å². The van der Waals surface area contributed by atoms with E-state index in [2.05, 4.69) is 15.5 Å². The fraction of sp³-hybridized carbons (Fsp3) is 0.357. The van der Waals surface area contributed by atoms with E-state index in [0.29, 0.717) is 0 Å². The quantitative estimate of drug-likeness (QED) is 0.835. The monoisotopic (exact) mass is 261 g/mol. The van der Waals surface area contributed by atoms with E-state index < -0.39 is 0 Å². The lowest BCUT2D eigenvalue weighted by atomic mass is 10.2. The van der Waals surface area contributed by atoms with Crippen LogP contribution in [0.25, 0.3) is 0 Å². The van der Waals surface area contributed by atoms with Gasteiger partial charge in [0.2, 0.25) is 0 Å². The first kappa shape index (κ1) is 13.4. The lowest BCUT2D eigenvalue weighted by Gasteiger charge is -2.10. The van der Waals surface area contributed by atoms with Gasteiger partial charge < -0.3 is 14.8 Å². The first-order valence-corrected chi connectivity index (χ1v) is 6.15. The van der Waals surface area contributed by atoms with E-state index in [1.165, 1.54) is 5.56 Å². The van der Waals surface area contributed by atoms with Crippen LogP contribution in [0.5, 0.6) is 11.5 Å². The molecule has 0 bridgehead atoms. The second-order valence-electron chi connectivity index (χ2n) is 4.31. The lowest BCUT2D eigenvalue weighted by molar-refractivity contribution is 0.354. The number of aromatic nitrogens is 2. The third-order valence-electron chi connectivity index (χ3n) is 3.03. The fourth-order valence-electron chi connectivity index (χ4n) is 1.89. The summed E-state index contributed by atoms with van der Waals surface area (Å²) in [6.07, 6.45) is 1.84. The third-order valence-corrected chi connectivity index (χ3v) is 3.03. The Hall–Kier alpha value is -2.01. The number of aryl methyl sites for hydroxylation is 1. The summed E-state index contributed by atoms with van der Waals surface area (Å²) in [5, 5.41) is 10.3. The Kier molecular flexibility index (Phi) is 4.41. The maximum Gasteiger partial charge on any atom is 0.161 e. The molecule has 0 saturated heterocycles. The molecule has 0 spiro atoms. The molecule has 0 aliphatic rings. The van der Waals surface area contributed by atoms with Gasteiger partial charge in [0.25, 0.3) is 0 Å². The van der Waals surface area contributed by atoms with Crippen LogP contribution < -0.4 is 14.8 Å². The molecule has 1 aromatic carbocycles. The van der Waals surface area contributed by atoms with Gasteiger partial charge >= 0.3 is 0 Å². The van der Waals surface area contributed by atoms with Crippen molar-refractivity contribution in [2.75, 3.05) is 14.2 Å². The Morgan fingerprint density at radius 2 is 1.95 bits per heavy atom. The number of benzene rings is 1. The highest BCUT2D eigenvalue weighted by atomic mass is 16.5. The third kappa shape index (κ3) is 3.26. The van der Waals surface area contributed by atoms with Crippen molar-refractivity contribution in [2.24, 2.45) is 0 Å². The van der Waals surface area contributed by atoms with Gasteiger partial charge in [0, 0.05) is 24.3 Å². The van der Waals surface area contributed by atoms with Crippen molar-refractivity contribution in [1.29, 1.82) is 0 Å². The largest absolute Gasteiger partial charge is 0.493 e. The van der Waals surface area contributed by atoms with E-state index in [1.54, 1.807) is 14.2 Å². The molecule has 0 unspecified atom stereocenters. The molecule has 0 amide bonds. The van der Waals surface area contributed by atoms with Crippen molar-refractivity contribution in [3.05, 3.63) is 41.2 Å². The van der Waals surface area contributed by atoms with Gasteiger partial charge in [-0.3, -0.25) is 5.10 Å². The average Bonchev–Trinajstić information content (AvgIpc) is 2.84. The zero-order valence-corrected chi connectivity index (χ0v) is 11.5. The van der Waals surface area contributed by atoms with Crippen LogP contribution in [-0.4, -0.2) is 24.4 Å². The maximum absolute atomic E-state index is 5.28. The minimum Gasteiger partial charge on any atom is -0.493 e. The van der Waals surface area contributed by atoms with E-state index in [-0.39, 0.29) is 0 Å². The van der Waals surface area contributed by atoms with E-state index in [4.69, 9.17) is 9.47 Å². The Labute approximate surface area is 112 Å². The summed E-state index contributed by atoms with van der Waals surface area (Å²) in [6.45, 7) is 3.57. The van der Waals surface area contributed by atoms with E-state index in [0.717, 1.165) is 35.8 Å². The molecule has 0 radical (unpaired) electrons. The number of rotatable bonds is 6. The zero-order valence-electron chi connectivity index (χ0n) is 11.5. The number of aromatic amines is 1. The number of methoxy groups -OCH3 is 2. The van der Waals surface area contributed by atoms with Crippen LogP contribution in [-0.2, 0) is 13.1 Å². The summed E-state index contributed by atoms with van der Waals surface area (Å²) in [5.74, 6) is 1.50. The highest BCUT2D eigenvalue weighted by molar-refractivity contribution is 5.42. The summed E-state index contributed by atoms with van der Waals surface area (Å²) < 4.78 is 10.5. The van der Waals surface area contributed by atoms with Crippen molar-refractivity contribution in [1.82, 2.24) is 15.5 Å². The van der Waals surface area contributed by atoms with E-state index in [9.17, 15) is 0 Å². The van der Waals surface area contributed by atoms with Gasteiger partial charge in [-0.15, -0.1) is 0 Å². The zero-order chi connectivity index (χ0) is 13.7. The highest BCUT2D eigenvalue weighted by Crippen LogP contribution is 2.27. The second kappa shape index (κ2) is 6.24. The molecular weight excluding hydrogens is 242 g/mol. The first-order valence-electron chi connectivity index (χ1n) is 6.15. The predicted molar refractivity (Wildman–Crippen MR) is 73.4 cm³/mol. The summed E-state index contributed by atoms with van der Waals surface area (Å²) >= 11 is 0. The SMILES string of the molecule is COc1ccc(CNCc2cn[nH]c2C)cc1OC. The molecule has 0 aliphatic carbocycles. The summed E-state index contributed by atoms with van der Waals surface area (Å²) in [5.41, 5.74) is 3.43. The Morgan fingerprint density at radius 1 is 1.16 bits per heavy atom. The minimum absolute atomic E-state index is 0.747. The molecule has 0 saturated carbocycles. The van der Waals surface area contributed by atoms with Crippen molar-refractivity contribution in [3.8, 4) is 11.5 Å². The number of nitrogens with one attached hydrogen (secondary N) is 2. The Morgan fingerprint density at radius 3 is 2.58 bits per heavy atom. The summed E-state index contributed by atoms with van der Waals surface area (Å²) in [6, 6.07) is 5.92. The maximum atomic E-state index is 5.28. The normalized spacial score (nSPS) is 10.5. The van der Waals surface area contributed by atoms with Crippen LogP contribution in [0.3, 0.4) is 0 Å². The number of H-pyrrole nitrogens is 1. The van der Waals surface area contributed by atoms with Crippen LogP contribution in [0.1, 0.15) is 16.8 Å². The van der Waals surface area contributed by atoms with Crippen molar-refractivity contribution in [2.45, 2.75) is 20.0 Å². The van der Waals surface area contributed by atoms with Gasteiger partial charge in [0.15, 0.2) is 11.5 Å². The van der Waals surface area contributed by atoms with Gasteiger partial charge in [0.05, 0.1) is 20.4 Å². The van der Waals surface area contributed by atoms with Crippen molar-refractivity contribution < 1.29 is 9.47 Å². The molecule has 2 rings (SSSR count). The molecule has 2 N–H and O–H groups in total. The van der Waals surface area contributed by atoms with Crippen molar-refractivity contribution in [3.63, 3.8) is 0 Å².